The average Bonchev–Trinajstić information content (AvgIpc) is 2.65. The maximum absolute atomic E-state index is 11.9. The number of ether oxygens (including phenoxy) is 3. The third-order valence-electron chi connectivity index (χ3n) is 3.57. The summed E-state index contributed by atoms with van der Waals surface area (Å²) in [6.45, 7) is 0.159. The van der Waals surface area contributed by atoms with Gasteiger partial charge in [-0.1, -0.05) is 23.7 Å². The van der Waals surface area contributed by atoms with E-state index in [2.05, 4.69) is 5.32 Å². The number of amides is 1. The van der Waals surface area contributed by atoms with Crippen LogP contribution in [0, 0.1) is 10.1 Å². The number of nitro benzene ring substituents is 1. The number of para-hydroxylation sites is 2. The third kappa shape index (κ3) is 4.34. The van der Waals surface area contributed by atoms with Crippen LogP contribution in [0.2, 0.25) is 5.02 Å². The van der Waals surface area contributed by atoms with Crippen molar-refractivity contribution < 1.29 is 23.9 Å². The van der Waals surface area contributed by atoms with E-state index < -0.39 is 10.8 Å². The molecule has 1 N–H and O–H groups in total. The van der Waals surface area contributed by atoms with Crippen LogP contribution in [0.5, 0.6) is 17.2 Å². The second-order valence-corrected chi connectivity index (χ2v) is 5.90. The number of halogens is 1. The first-order valence-electron chi connectivity index (χ1n) is 7.75. The molecule has 1 atom stereocenters. The number of hydrogen-bond donors (Lipinski definition) is 1. The van der Waals surface area contributed by atoms with E-state index in [0.717, 1.165) is 0 Å². The first-order chi connectivity index (χ1) is 12.5. The zero-order valence-corrected chi connectivity index (χ0v) is 14.3. The van der Waals surface area contributed by atoms with E-state index in [0.29, 0.717) is 18.1 Å². The van der Waals surface area contributed by atoms with Gasteiger partial charge < -0.3 is 19.5 Å². The minimum absolute atomic E-state index is 0.0271. The summed E-state index contributed by atoms with van der Waals surface area (Å²) in [5, 5.41) is 13.8. The van der Waals surface area contributed by atoms with Gasteiger partial charge in [-0.15, -0.1) is 0 Å². The Morgan fingerprint density at radius 2 is 2.08 bits per heavy atom. The van der Waals surface area contributed by atoms with Crippen LogP contribution >= 0.6 is 11.6 Å². The molecule has 0 saturated heterocycles. The van der Waals surface area contributed by atoms with Crippen LogP contribution in [0.4, 0.5) is 5.69 Å². The molecule has 1 aliphatic heterocycles. The maximum Gasteiger partial charge on any atom is 0.312 e. The van der Waals surface area contributed by atoms with Gasteiger partial charge in [-0.2, -0.15) is 0 Å². The molecule has 0 fully saturated rings. The fraction of sp³-hybridized carbons (Fsp3) is 0.235. The van der Waals surface area contributed by atoms with Crippen LogP contribution in [0.1, 0.15) is 0 Å². The molecular weight excluding hydrogens is 364 g/mol. The molecule has 0 aromatic heterocycles. The Kier molecular flexibility index (Phi) is 5.43. The standard InChI is InChI=1S/C17H15ClN2O6/c18-11-5-6-14(13(7-11)20(22)23)25-10-17(21)19-8-12-9-24-15-3-1-2-4-16(15)26-12/h1-7,12H,8-10H2,(H,19,21)/t12-/m1/s1. The summed E-state index contributed by atoms with van der Waals surface area (Å²) in [4.78, 5) is 22.3. The number of rotatable bonds is 6. The number of benzene rings is 2. The van der Waals surface area contributed by atoms with Gasteiger partial charge in [0.25, 0.3) is 5.91 Å². The highest BCUT2D eigenvalue weighted by Crippen LogP contribution is 2.31. The van der Waals surface area contributed by atoms with Crippen molar-refractivity contribution in [1.29, 1.82) is 0 Å². The largest absolute Gasteiger partial charge is 0.486 e. The van der Waals surface area contributed by atoms with Gasteiger partial charge in [0.15, 0.2) is 23.9 Å². The van der Waals surface area contributed by atoms with Crippen molar-refractivity contribution in [2.24, 2.45) is 0 Å². The Labute approximate surface area is 153 Å². The maximum atomic E-state index is 11.9. The molecule has 0 spiro atoms. The molecular formula is C17H15ClN2O6. The molecule has 0 bridgehead atoms. The van der Waals surface area contributed by atoms with Gasteiger partial charge in [0.05, 0.1) is 11.5 Å². The zero-order valence-electron chi connectivity index (χ0n) is 13.5. The second kappa shape index (κ2) is 7.92. The molecule has 8 nitrogen and oxygen atoms in total. The van der Waals surface area contributed by atoms with Crippen LogP contribution < -0.4 is 19.5 Å². The smallest absolute Gasteiger partial charge is 0.312 e. The van der Waals surface area contributed by atoms with Crippen molar-refractivity contribution >= 4 is 23.2 Å². The van der Waals surface area contributed by atoms with Gasteiger partial charge in [0.1, 0.15) is 12.7 Å². The molecule has 136 valence electrons. The van der Waals surface area contributed by atoms with E-state index >= 15 is 0 Å². The Morgan fingerprint density at radius 1 is 1.31 bits per heavy atom. The van der Waals surface area contributed by atoms with Crippen LogP contribution in [0.25, 0.3) is 0 Å². The molecule has 0 radical (unpaired) electrons. The minimum atomic E-state index is -0.621. The minimum Gasteiger partial charge on any atom is -0.486 e. The van der Waals surface area contributed by atoms with Gasteiger partial charge in [-0.05, 0) is 24.3 Å². The van der Waals surface area contributed by atoms with E-state index in [1.807, 2.05) is 12.1 Å². The van der Waals surface area contributed by atoms with Gasteiger partial charge in [-0.25, -0.2) is 0 Å². The predicted molar refractivity (Wildman–Crippen MR) is 93.0 cm³/mol. The van der Waals surface area contributed by atoms with Crippen LogP contribution in [-0.4, -0.2) is 36.7 Å². The number of carbonyl (C=O) groups is 1. The molecule has 26 heavy (non-hydrogen) atoms. The van der Waals surface area contributed by atoms with Crippen LogP contribution in [-0.2, 0) is 4.79 Å². The summed E-state index contributed by atoms with van der Waals surface area (Å²) >= 11 is 5.73. The fourth-order valence-corrected chi connectivity index (χ4v) is 2.51. The van der Waals surface area contributed by atoms with Gasteiger partial charge >= 0.3 is 5.69 Å². The van der Waals surface area contributed by atoms with Crippen molar-refractivity contribution in [1.82, 2.24) is 5.32 Å². The van der Waals surface area contributed by atoms with E-state index in [4.69, 9.17) is 25.8 Å². The number of nitro groups is 1. The Morgan fingerprint density at radius 3 is 2.85 bits per heavy atom. The lowest BCUT2D eigenvalue weighted by Crippen LogP contribution is -2.42. The van der Waals surface area contributed by atoms with E-state index in [9.17, 15) is 14.9 Å². The molecule has 9 heteroatoms. The first-order valence-corrected chi connectivity index (χ1v) is 8.12. The molecule has 0 aliphatic carbocycles. The third-order valence-corrected chi connectivity index (χ3v) is 3.81. The number of nitrogens with zero attached hydrogens (tertiary/aromatic N) is 1. The van der Waals surface area contributed by atoms with Crippen LogP contribution in [0.15, 0.2) is 42.5 Å². The molecule has 0 unspecified atom stereocenters. The molecule has 1 heterocycles. The van der Waals surface area contributed by atoms with Gasteiger partial charge in [0, 0.05) is 11.1 Å². The highest BCUT2D eigenvalue weighted by Gasteiger charge is 2.21. The summed E-state index contributed by atoms with van der Waals surface area (Å²) in [7, 11) is 0. The second-order valence-electron chi connectivity index (χ2n) is 5.46. The fourth-order valence-electron chi connectivity index (χ4n) is 2.34. The van der Waals surface area contributed by atoms with Crippen molar-refractivity contribution in [2.75, 3.05) is 19.8 Å². The quantitative estimate of drug-likeness (QED) is 0.612. The lowest BCUT2D eigenvalue weighted by Gasteiger charge is -2.26. The first kappa shape index (κ1) is 17.8. The van der Waals surface area contributed by atoms with E-state index in [1.165, 1.54) is 18.2 Å². The van der Waals surface area contributed by atoms with Gasteiger partial charge in [0.2, 0.25) is 0 Å². The van der Waals surface area contributed by atoms with E-state index in [-0.39, 0.29) is 35.7 Å². The molecule has 1 amide bonds. The molecule has 2 aromatic carbocycles. The number of nitrogens with one attached hydrogen (secondary N) is 1. The number of carbonyl (C=O) groups excluding carboxylic acids is 1. The van der Waals surface area contributed by atoms with Gasteiger partial charge in [-0.3, -0.25) is 14.9 Å². The predicted octanol–water partition coefficient (Wildman–Crippen LogP) is 2.58. The number of hydrogen-bond acceptors (Lipinski definition) is 6. The SMILES string of the molecule is O=C(COc1ccc(Cl)cc1[N+](=O)[O-])NC[C@@H]1COc2ccccc2O1. The van der Waals surface area contributed by atoms with Crippen LogP contribution in [0.3, 0.4) is 0 Å². The normalized spacial score (nSPS) is 15.2. The summed E-state index contributed by atoms with van der Waals surface area (Å²) in [6, 6.07) is 11.2. The highest BCUT2D eigenvalue weighted by molar-refractivity contribution is 6.30. The monoisotopic (exact) mass is 378 g/mol. The lowest BCUT2D eigenvalue weighted by molar-refractivity contribution is -0.385. The summed E-state index contributed by atoms with van der Waals surface area (Å²) in [6.07, 6.45) is -0.335. The average molecular weight is 379 g/mol. The molecule has 3 rings (SSSR count). The number of fused-ring (bicyclic) bond motifs is 1. The summed E-state index contributed by atoms with van der Waals surface area (Å²) in [5.41, 5.74) is -0.300. The van der Waals surface area contributed by atoms with Crippen molar-refractivity contribution in [2.45, 2.75) is 6.10 Å². The lowest BCUT2D eigenvalue weighted by atomic mass is 10.2. The Hall–Kier alpha value is -3.00. The topological polar surface area (TPSA) is 99.9 Å². The summed E-state index contributed by atoms with van der Waals surface area (Å²) < 4.78 is 16.5. The molecule has 2 aromatic rings. The highest BCUT2D eigenvalue weighted by atomic mass is 35.5. The zero-order chi connectivity index (χ0) is 18.5. The molecule has 0 saturated carbocycles. The summed E-state index contributed by atoms with van der Waals surface area (Å²) in [5.74, 6) is 0.817. The Bertz CT molecular complexity index is 829. The Balaban J connectivity index is 1.49. The molecule has 1 aliphatic rings. The van der Waals surface area contributed by atoms with Crippen molar-refractivity contribution in [3.05, 3.63) is 57.6 Å². The van der Waals surface area contributed by atoms with E-state index in [1.54, 1.807) is 12.1 Å². The van der Waals surface area contributed by atoms with Crippen molar-refractivity contribution in [3.8, 4) is 17.2 Å². The van der Waals surface area contributed by atoms with Crippen molar-refractivity contribution in [3.63, 3.8) is 0 Å².